The third-order valence-corrected chi connectivity index (χ3v) is 4.40. The number of nitrogens with zero attached hydrogens (tertiary/aromatic N) is 1. The molecular weight excluding hydrogens is 166 g/mol. The Hall–Kier alpha value is -0.860. The number of carbonyl (C=O) groups is 1. The highest BCUT2D eigenvalue weighted by atomic mass is 16.4. The van der Waals surface area contributed by atoms with Gasteiger partial charge in [0.05, 0.1) is 0 Å². The van der Waals surface area contributed by atoms with Crippen LogP contribution in [0, 0.1) is 16.7 Å². The third kappa shape index (κ3) is 0.713. The fraction of sp³-hybridized carbons (Fsp3) is 0.800. The summed E-state index contributed by atoms with van der Waals surface area (Å²) in [4.78, 5) is 11.8. The van der Waals surface area contributed by atoms with Crippen molar-refractivity contribution in [2.45, 2.75) is 33.6 Å². The molecule has 0 heterocycles. The Kier molecular flexibility index (Phi) is 1.44. The van der Waals surface area contributed by atoms with Crippen molar-refractivity contribution in [3.05, 3.63) is 0 Å². The number of carbonyl (C=O) groups excluding carboxylic acids is 1. The Bertz CT molecular complexity index is 306. The number of oxime groups is 1. The van der Waals surface area contributed by atoms with Gasteiger partial charge in [-0.3, -0.25) is 4.79 Å². The van der Waals surface area contributed by atoms with E-state index in [1.54, 1.807) is 0 Å². The highest BCUT2D eigenvalue weighted by Gasteiger charge is 2.65. The molecule has 2 saturated carbocycles. The van der Waals surface area contributed by atoms with Crippen molar-refractivity contribution < 1.29 is 10.0 Å². The van der Waals surface area contributed by atoms with Crippen molar-refractivity contribution in [2.24, 2.45) is 21.9 Å². The summed E-state index contributed by atoms with van der Waals surface area (Å²) >= 11 is 0. The number of ketones is 1. The van der Waals surface area contributed by atoms with Crippen LogP contribution in [-0.4, -0.2) is 16.7 Å². The van der Waals surface area contributed by atoms with E-state index in [1.165, 1.54) is 0 Å². The van der Waals surface area contributed by atoms with E-state index in [1.807, 2.05) is 6.92 Å². The standard InChI is InChI=1S/C10H15NO2/c1-9(2)6-4-5-10(9,3)8(12)7(6)11-13/h6,13H,4-5H2,1-3H3/t6-,10-/m1/s1. The Morgan fingerprint density at radius 1 is 1.46 bits per heavy atom. The maximum Gasteiger partial charge on any atom is 0.187 e. The maximum absolute atomic E-state index is 11.8. The lowest BCUT2D eigenvalue weighted by atomic mass is 9.70. The van der Waals surface area contributed by atoms with E-state index in [2.05, 4.69) is 19.0 Å². The van der Waals surface area contributed by atoms with Gasteiger partial charge >= 0.3 is 0 Å². The van der Waals surface area contributed by atoms with Gasteiger partial charge in [0.15, 0.2) is 5.78 Å². The molecule has 0 aliphatic heterocycles. The lowest BCUT2D eigenvalue weighted by molar-refractivity contribution is -0.123. The van der Waals surface area contributed by atoms with Crippen LogP contribution in [0.1, 0.15) is 33.6 Å². The summed E-state index contributed by atoms with van der Waals surface area (Å²) in [6, 6.07) is 0. The van der Waals surface area contributed by atoms with Crippen LogP contribution >= 0.6 is 0 Å². The fourth-order valence-corrected chi connectivity index (χ4v) is 2.94. The first kappa shape index (κ1) is 8.73. The average Bonchev–Trinajstić information content (AvgIpc) is 2.36. The Morgan fingerprint density at radius 2 is 2.08 bits per heavy atom. The number of rotatable bonds is 0. The summed E-state index contributed by atoms with van der Waals surface area (Å²) in [5, 5.41) is 11.9. The maximum atomic E-state index is 11.8. The Morgan fingerprint density at radius 3 is 2.38 bits per heavy atom. The molecule has 2 rings (SSSR count). The summed E-state index contributed by atoms with van der Waals surface area (Å²) in [5.74, 6) is 0.214. The largest absolute Gasteiger partial charge is 0.411 e. The van der Waals surface area contributed by atoms with Gasteiger partial charge in [0.2, 0.25) is 0 Å². The van der Waals surface area contributed by atoms with Crippen LogP contribution in [0.5, 0.6) is 0 Å². The summed E-state index contributed by atoms with van der Waals surface area (Å²) in [5.41, 5.74) is 0.0731. The molecule has 72 valence electrons. The van der Waals surface area contributed by atoms with Gasteiger partial charge in [-0.1, -0.05) is 25.9 Å². The minimum absolute atomic E-state index is 0.0361. The van der Waals surface area contributed by atoms with Gasteiger partial charge in [-0.15, -0.1) is 0 Å². The average molecular weight is 181 g/mol. The molecule has 0 unspecified atom stereocenters. The van der Waals surface area contributed by atoms with Crippen LogP contribution in [0.4, 0.5) is 0 Å². The van der Waals surface area contributed by atoms with E-state index in [-0.39, 0.29) is 22.5 Å². The van der Waals surface area contributed by atoms with Crippen molar-refractivity contribution in [3.8, 4) is 0 Å². The predicted octanol–water partition coefficient (Wildman–Crippen LogP) is 1.84. The second-order valence-corrected chi connectivity index (χ2v) is 4.96. The number of fused-ring (bicyclic) bond motifs is 2. The monoisotopic (exact) mass is 181 g/mol. The highest BCUT2D eigenvalue weighted by Crippen LogP contribution is 2.62. The van der Waals surface area contributed by atoms with E-state index in [0.29, 0.717) is 5.71 Å². The first-order chi connectivity index (χ1) is 5.95. The van der Waals surface area contributed by atoms with Gasteiger partial charge in [0.25, 0.3) is 0 Å². The molecule has 2 atom stereocenters. The molecule has 0 aromatic heterocycles. The number of hydrogen-bond acceptors (Lipinski definition) is 3. The summed E-state index contributed by atoms with van der Waals surface area (Å²) in [7, 11) is 0. The second kappa shape index (κ2) is 2.14. The van der Waals surface area contributed by atoms with Gasteiger partial charge in [0, 0.05) is 11.3 Å². The fourth-order valence-electron chi connectivity index (χ4n) is 2.94. The molecule has 2 bridgehead atoms. The van der Waals surface area contributed by atoms with Crippen LogP contribution in [0.25, 0.3) is 0 Å². The van der Waals surface area contributed by atoms with Gasteiger partial charge in [-0.2, -0.15) is 0 Å². The van der Waals surface area contributed by atoms with Crippen LogP contribution in [0.15, 0.2) is 5.16 Å². The molecule has 0 aromatic rings. The van der Waals surface area contributed by atoms with E-state index in [9.17, 15) is 4.79 Å². The van der Waals surface area contributed by atoms with Crippen LogP contribution < -0.4 is 0 Å². The molecule has 1 N–H and O–H groups in total. The Balaban J connectivity index is 2.57. The summed E-state index contributed by atoms with van der Waals surface area (Å²) in [6.45, 7) is 6.19. The molecule has 2 fully saturated rings. The van der Waals surface area contributed by atoms with E-state index in [0.717, 1.165) is 12.8 Å². The van der Waals surface area contributed by atoms with Crippen molar-refractivity contribution in [2.75, 3.05) is 0 Å². The van der Waals surface area contributed by atoms with Gasteiger partial charge in [-0.05, 0) is 18.3 Å². The van der Waals surface area contributed by atoms with Gasteiger partial charge in [-0.25, -0.2) is 0 Å². The van der Waals surface area contributed by atoms with E-state index in [4.69, 9.17) is 5.21 Å². The first-order valence-corrected chi connectivity index (χ1v) is 4.72. The zero-order valence-corrected chi connectivity index (χ0v) is 8.29. The molecule has 0 amide bonds. The molecule has 3 heteroatoms. The molecule has 2 aliphatic carbocycles. The normalized spacial score (nSPS) is 44.7. The van der Waals surface area contributed by atoms with Crippen LogP contribution in [0.3, 0.4) is 0 Å². The lowest BCUT2D eigenvalue weighted by Crippen LogP contribution is -2.33. The quantitative estimate of drug-likeness (QED) is 0.458. The minimum atomic E-state index is -0.292. The second-order valence-electron chi connectivity index (χ2n) is 4.96. The molecule has 0 aromatic carbocycles. The van der Waals surface area contributed by atoms with Gasteiger partial charge < -0.3 is 5.21 Å². The molecule has 0 saturated heterocycles. The topological polar surface area (TPSA) is 49.7 Å². The summed E-state index contributed by atoms with van der Waals surface area (Å²) in [6.07, 6.45) is 1.91. The van der Waals surface area contributed by atoms with Crippen molar-refractivity contribution in [1.29, 1.82) is 0 Å². The predicted molar refractivity (Wildman–Crippen MR) is 48.8 cm³/mol. The molecular formula is C10H15NO2. The van der Waals surface area contributed by atoms with E-state index >= 15 is 0 Å². The Labute approximate surface area is 77.8 Å². The lowest BCUT2D eigenvalue weighted by Gasteiger charge is -2.31. The molecule has 0 radical (unpaired) electrons. The van der Waals surface area contributed by atoms with E-state index < -0.39 is 0 Å². The zero-order valence-electron chi connectivity index (χ0n) is 8.29. The van der Waals surface area contributed by atoms with Crippen LogP contribution in [0.2, 0.25) is 0 Å². The SMILES string of the molecule is CC1(C)[C@@H]2CC[C@]1(C)C(=O)C2=NO. The van der Waals surface area contributed by atoms with Crippen molar-refractivity contribution in [1.82, 2.24) is 0 Å². The van der Waals surface area contributed by atoms with Crippen LogP contribution in [-0.2, 0) is 4.79 Å². The number of hydrogen-bond donors (Lipinski definition) is 1. The van der Waals surface area contributed by atoms with Crippen molar-refractivity contribution in [3.63, 3.8) is 0 Å². The zero-order chi connectivity index (χ0) is 9.85. The molecule has 0 spiro atoms. The molecule has 2 aliphatic rings. The summed E-state index contributed by atoms with van der Waals surface area (Å²) < 4.78 is 0. The third-order valence-electron chi connectivity index (χ3n) is 4.40. The van der Waals surface area contributed by atoms with Crippen molar-refractivity contribution >= 4 is 11.5 Å². The molecule has 3 nitrogen and oxygen atoms in total. The minimum Gasteiger partial charge on any atom is -0.411 e. The smallest absolute Gasteiger partial charge is 0.187 e. The highest BCUT2D eigenvalue weighted by molar-refractivity contribution is 6.45. The first-order valence-electron chi connectivity index (χ1n) is 4.72. The van der Waals surface area contributed by atoms with Gasteiger partial charge in [0.1, 0.15) is 5.71 Å². The molecule has 13 heavy (non-hydrogen) atoms. The number of Topliss-reactive ketones (excluding diaryl/α,β-unsaturated/α-hetero) is 1.